The van der Waals surface area contributed by atoms with E-state index in [1.54, 1.807) is 11.0 Å². The smallest absolute Gasteiger partial charge is 0.248 e. The summed E-state index contributed by atoms with van der Waals surface area (Å²) in [5.41, 5.74) is 2.57. The van der Waals surface area contributed by atoms with Crippen LogP contribution in [0.1, 0.15) is 55.7 Å². The second kappa shape index (κ2) is 10.6. The summed E-state index contributed by atoms with van der Waals surface area (Å²) < 4.78 is 0.769. The van der Waals surface area contributed by atoms with Crippen LogP contribution >= 0.6 is 15.9 Å². The van der Waals surface area contributed by atoms with Gasteiger partial charge in [-0.05, 0) is 53.4 Å². The lowest BCUT2D eigenvalue weighted by atomic mass is 9.94. The predicted octanol–water partition coefficient (Wildman–Crippen LogP) is 5.86. The van der Waals surface area contributed by atoms with Crippen molar-refractivity contribution < 1.29 is 9.59 Å². The van der Waals surface area contributed by atoms with Crippen LogP contribution < -0.4 is 10.2 Å². The summed E-state index contributed by atoms with van der Waals surface area (Å²) in [5, 5.41) is 3.22. The van der Waals surface area contributed by atoms with E-state index in [1.807, 2.05) is 55.5 Å². The van der Waals surface area contributed by atoms with Gasteiger partial charge < -0.3 is 5.32 Å². The van der Waals surface area contributed by atoms with E-state index in [9.17, 15) is 9.59 Å². The number of nitrogens with zero attached hydrogens (tertiary/aromatic N) is 1. The maximum absolute atomic E-state index is 13.6. The largest absolute Gasteiger partial charge is 0.351 e. The molecule has 5 heteroatoms. The summed E-state index contributed by atoms with van der Waals surface area (Å²) in [6, 6.07) is 14.8. The van der Waals surface area contributed by atoms with E-state index in [-0.39, 0.29) is 24.3 Å². The van der Waals surface area contributed by atoms with Crippen molar-refractivity contribution in [1.29, 1.82) is 0 Å². The molecule has 2 aromatic rings. The molecule has 30 heavy (non-hydrogen) atoms. The highest BCUT2D eigenvalue weighted by molar-refractivity contribution is 9.10. The number of amides is 2. The standard InChI is InChI=1S/C25H29BrN2O2/c1-3-9-23(29)28(22-13-8-7-12-21(22)26)24(19-16-14-18(2)15-17-19)25(30)27-20-10-5-4-6-11-20/h3,7-8,12-17,20,24H,1,4-6,9-11H2,2H3,(H,27,30). The highest BCUT2D eigenvalue weighted by atomic mass is 79.9. The first-order valence-electron chi connectivity index (χ1n) is 10.6. The van der Waals surface area contributed by atoms with Crippen molar-refractivity contribution in [2.24, 2.45) is 0 Å². The number of para-hydroxylation sites is 1. The molecule has 1 fully saturated rings. The van der Waals surface area contributed by atoms with Crippen molar-refractivity contribution in [1.82, 2.24) is 5.32 Å². The summed E-state index contributed by atoms with van der Waals surface area (Å²) in [4.78, 5) is 28.4. The first-order chi connectivity index (χ1) is 14.5. The minimum atomic E-state index is -0.751. The number of rotatable bonds is 7. The molecule has 0 aliphatic heterocycles. The van der Waals surface area contributed by atoms with Crippen LogP contribution in [0.2, 0.25) is 0 Å². The zero-order chi connectivity index (χ0) is 21.5. The van der Waals surface area contributed by atoms with Crippen molar-refractivity contribution in [2.45, 2.75) is 57.5 Å². The number of aryl methyl sites for hydroxylation is 1. The monoisotopic (exact) mass is 468 g/mol. The Morgan fingerprint density at radius 2 is 1.80 bits per heavy atom. The Bertz CT molecular complexity index is 888. The van der Waals surface area contributed by atoms with Gasteiger partial charge in [-0.25, -0.2) is 0 Å². The van der Waals surface area contributed by atoms with E-state index in [1.165, 1.54) is 6.42 Å². The second-order valence-corrected chi connectivity index (χ2v) is 8.72. The fourth-order valence-corrected chi connectivity index (χ4v) is 4.46. The molecule has 1 N–H and O–H groups in total. The lowest BCUT2D eigenvalue weighted by Gasteiger charge is -2.34. The highest BCUT2D eigenvalue weighted by Gasteiger charge is 2.34. The summed E-state index contributed by atoms with van der Waals surface area (Å²) in [7, 11) is 0. The van der Waals surface area contributed by atoms with E-state index < -0.39 is 6.04 Å². The Labute approximate surface area is 187 Å². The molecule has 2 aromatic carbocycles. The summed E-state index contributed by atoms with van der Waals surface area (Å²) in [5.74, 6) is -0.305. The Kier molecular flexibility index (Phi) is 7.86. The van der Waals surface area contributed by atoms with Crippen LogP contribution in [0.25, 0.3) is 0 Å². The number of benzene rings is 2. The SMILES string of the molecule is C=CCC(=O)N(c1ccccc1Br)C(C(=O)NC1CCCCC1)c1ccc(C)cc1. The Hall–Kier alpha value is -2.40. The van der Waals surface area contributed by atoms with Gasteiger partial charge in [0.25, 0.3) is 0 Å². The van der Waals surface area contributed by atoms with E-state index in [4.69, 9.17) is 0 Å². The zero-order valence-corrected chi connectivity index (χ0v) is 19.0. The minimum Gasteiger partial charge on any atom is -0.351 e. The summed E-state index contributed by atoms with van der Waals surface area (Å²) in [6.07, 6.45) is 7.18. The lowest BCUT2D eigenvalue weighted by Crippen LogP contribution is -2.47. The molecule has 1 aliphatic carbocycles. The molecule has 2 amide bonds. The van der Waals surface area contributed by atoms with Gasteiger partial charge >= 0.3 is 0 Å². The van der Waals surface area contributed by atoms with E-state index in [0.717, 1.165) is 41.3 Å². The molecule has 1 atom stereocenters. The van der Waals surface area contributed by atoms with Crippen LogP contribution in [0, 0.1) is 6.92 Å². The molecule has 0 bridgehead atoms. The van der Waals surface area contributed by atoms with Gasteiger partial charge in [0.1, 0.15) is 6.04 Å². The summed E-state index contributed by atoms with van der Waals surface area (Å²) in [6.45, 7) is 5.73. The topological polar surface area (TPSA) is 49.4 Å². The third-order valence-corrected chi connectivity index (χ3v) is 6.22. The molecule has 0 heterocycles. The van der Waals surface area contributed by atoms with Crippen LogP contribution in [0.5, 0.6) is 0 Å². The fraction of sp³-hybridized carbons (Fsp3) is 0.360. The van der Waals surface area contributed by atoms with Gasteiger partial charge in [0.05, 0.1) is 5.69 Å². The third kappa shape index (κ3) is 5.39. The van der Waals surface area contributed by atoms with Crippen molar-refractivity contribution in [3.63, 3.8) is 0 Å². The van der Waals surface area contributed by atoms with Gasteiger partial charge in [0.15, 0.2) is 0 Å². The number of hydrogen-bond acceptors (Lipinski definition) is 2. The van der Waals surface area contributed by atoms with Crippen molar-refractivity contribution in [3.05, 3.63) is 76.8 Å². The molecule has 0 aromatic heterocycles. The Morgan fingerprint density at radius 1 is 1.13 bits per heavy atom. The predicted molar refractivity (Wildman–Crippen MR) is 125 cm³/mol. The molecule has 1 aliphatic rings. The maximum Gasteiger partial charge on any atom is 0.248 e. The van der Waals surface area contributed by atoms with Crippen LogP contribution in [0.15, 0.2) is 65.7 Å². The average molecular weight is 469 g/mol. The van der Waals surface area contributed by atoms with Gasteiger partial charge in [0.2, 0.25) is 11.8 Å². The minimum absolute atomic E-state index is 0.140. The van der Waals surface area contributed by atoms with E-state index in [2.05, 4.69) is 27.8 Å². The normalized spacial score (nSPS) is 15.3. The second-order valence-electron chi connectivity index (χ2n) is 7.86. The highest BCUT2D eigenvalue weighted by Crippen LogP contribution is 2.34. The van der Waals surface area contributed by atoms with Crippen molar-refractivity contribution in [2.75, 3.05) is 4.90 Å². The van der Waals surface area contributed by atoms with Gasteiger partial charge in [-0.15, -0.1) is 6.58 Å². The molecule has 0 radical (unpaired) electrons. The molecule has 158 valence electrons. The number of anilines is 1. The molecular weight excluding hydrogens is 440 g/mol. The van der Waals surface area contributed by atoms with Gasteiger partial charge in [-0.3, -0.25) is 14.5 Å². The first-order valence-corrected chi connectivity index (χ1v) is 11.3. The number of nitrogens with one attached hydrogen (secondary N) is 1. The fourth-order valence-electron chi connectivity index (χ4n) is 3.98. The van der Waals surface area contributed by atoms with Crippen LogP contribution in [-0.2, 0) is 9.59 Å². The zero-order valence-electron chi connectivity index (χ0n) is 17.4. The van der Waals surface area contributed by atoms with Gasteiger partial charge in [0, 0.05) is 16.9 Å². The maximum atomic E-state index is 13.6. The lowest BCUT2D eigenvalue weighted by molar-refractivity contribution is -0.127. The molecule has 0 saturated heterocycles. The first kappa shape index (κ1) is 22.3. The van der Waals surface area contributed by atoms with E-state index >= 15 is 0 Å². The Morgan fingerprint density at radius 3 is 2.43 bits per heavy atom. The average Bonchev–Trinajstić information content (AvgIpc) is 2.74. The third-order valence-electron chi connectivity index (χ3n) is 5.55. The molecule has 1 unspecified atom stereocenters. The summed E-state index contributed by atoms with van der Waals surface area (Å²) >= 11 is 3.57. The molecule has 0 spiro atoms. The van der Waals surface area contributed by atoms with Crippen molar-refractivity contribution in [3.8, 4) is 0 Å². The van der Waals surface area contributed by atoms with E-state index in [0.29, 0.717) is 5.69 Å². The van der Waals surface area contributed by atoms with Gasteiger partial charge in [-0.1, -0.05) is 67.3 Å². The molecular formula is C25H29BrN2O2. The van der Waals surface area contributed by atoms with Gasteiger partial charge in [-0.2, -0.15) is 0 Å². The van der Waals surface area contributed by atoms with Crippen LogP contribution in [0.4, 0.5) is 5.69 Å². The van der Waals surface area contributed by atoms with Crippen LogP contribution in [-0.4, -0.2) is 17.9 Å². The number of halogens is 1. The number of hydrogen-bond donors (Lipinski definition) is 1. The molecule has 4 nitrogen and oxygen atoms in total. The van der Waals surface area contributed by atoms with Crippen molar-refractivity contribution >= 4 is 33.4 Å². The number of carbonyl (C=O) groups is 2. The quantitative estimate of drug-likeness (QED) is 0.517. The Balaban J connectivity index is 2.04. The molecule has 3 rings (SSSR count). The van der Waals surface area contributed by atoms with Crippen LogP contribution in [0.3, 0.4) is 0 Å². The number of carbonyl (C=O) groups excluding carboxylic acids is 2. The molecule has 1 saturated carbocycles.